The van der Waals surface area contributed by atoms with E-state index in [0.717, 1.165) is 0 Å². The zero-order valence-electron chi connectivity index (χ0n) is 8.72. The summed E-state index contributed by atoms with van der Waals surface area (Å²) in [6, 6.07) is 7.94. The lowest BCUT2D eigenvalue weighted by molar-refractivity contribution is -0.384. The van der Waals surface area contributed by atoms with Crippen LogP contribution in [0.3, 0.4) is 0 Å². The minimum absolute atomic E-state index is 0.0817. The smallest absolute Gasteiger partial charge is 0.287 e. The van der Waals surface area contributed by atoms with Gasteiger partial charge < -0.3 is 10.2 Å². The lowest BCUT2D eigenvalue weighted by atomic mass is 10.1. The number of nitro groups is 1. The van der Waals surface area contributed by atoms with Crippen LogP contribution < -0.4 is 5.73 Å². The third kappa shape index (κ3) is 2.30. The van der Waals surface area contributed by atoms with Crippen LogP contribution in [-0.2, 0) is 6.54 Å². The van der Waals surface area contributed by atoms with Crippen molar-refractivity contribution >= 4 is 17.3 Å². The second-order valence-corrected chi connectivity index (χ2v) is 3.80. The Bertz CT molecular complexity index is 566. The summed E-state index contributed by atoms with van der Waals surface area (Å²) < 4.78 is 5.42. The second kappa shape index (κ2) is 4.57. The van der Waals surface area contributed by atoms with Gasteiger partial charge in [0, 0.05) is 11.6 Å². The topological polar surface area (TPSA) is 82.3 Å². The molecule has 0 saturated carbocycles. The maximum Gasteiger partial charge on any atom is 0.287 e. The van der Waals surface area contributed by atoms with Gasteiger partial charge in [0.05, 0.1) is 11.5 Å². The molecule has 0 atom stereocenters. The van der Waals surface area contributed by atoms with Crippen molar-refractivity contribution in [3.8, 4) is 11.3 Å². The van der Waals surface area contributed by atoms with E-state index in [1.165, 1.54) is 12.1 Å². The molecule has 0 radical (unpaired) electrons. The molecular formula is C11H9ClN2O3. The molecule has 0 bridgehead atoms. The van der Waals surface area contributed by atoms with Gasteiger partial charge in [-0.05, 0) is 24.3 Å². The second-order valence-electron chi connectivity index (χ2n) is 3.39. The van der Waals surface area contributed by atoms with Gasteiger partial charge in [-0.3, -0.25) is 10.1 Å². The van der Waals surface area contributed by atoms with Crippen LogP contribution >= 0.6 is 11.6 Å². The number of furan rings is 1. The van der Waals surface area contributed by atoms with Crippen LogP contribution in [-0.4, -0.2) is 4.92 Å². The van der Waals surface area contributed by atoms with Crippen LogP contribution in [0.4, 0.5) is 5.69 Å². The van der Waals surface area contributed by atoms with Gasteiger partial charge in [0.15, 0.2) is 0 Å². The lowest BCUT2D eigenvalue weighted by Crippen LogP contribution is -1.92. The first-order chi connectivity index (χ1) is 8.11. The first-order valence-corrected chi connectivity index (χ1v) is 5.22. The highest BCUT2D eigenvalue weighted by Gasteiger charge is 2.14. The van der Waals surface area contributed by atoms with Gasteiger partial charge in [0.1, 0.15) is 16.5 Å². The number of benzene rings is 1. The molecule has 88 valence electrons. The standard InChI is InChI=1S/C11H9ClN2O3/c12-9-5-7(1-3-10(9)14(15)16)11-4-2-8(6-13)17-11/h1-5H,6,13H2. The van der Waals surface area contributed by atoms with E-state index < -0.39 is 4.92 Å². The number of nitrogens with two attached hydrogens (primary N) is 1. The first kappa shape index (κ1) is 11.6. The fourth-order valence-electron chi connectivity index (χ4n) is 1.45. The van der Waals surface area contributed by atoms with Gasteiger partial charge in [-0.1, -0.05) is 11.6 Å². The van der Waals surface area contributed by atoms with Crippen molar-refractivity contribution in [1.82, 2.24) is 0 Å². The Morgan fingerprint density at radius 2 is 2.12 bits per heavy atom. The molecule has 6 heteroatoms. The van der Waals surface area contributed by atoms with Crippen molar-refractivity contribution in [3.63, 3.8) is 0 Å². The average Bonchev–Trinajstić information content (AvgIpc) is 2.76. The van der Waals surface area contributed by atoms with Crippen LogP contribution in [0.5, 0.6) is 0 Å². The average molecular weight is 253 g/mol. The molecule has 0 aliphatic carbocycles. The summed E-state index contributed by atoms with van der Waals surface area (Å²) in [5, 5.41) is 10.7. The van der Waals surface area contributed by atoms with Crippen LogP contribution in [0.15, 0.2) is 34.7 Å². The molecule has 2 aromatic rings. The monoisotopic (exact) mass is 252 g/mol. The molecule has 5 nitrogen and oxygen atoms in total. The third-order valence-corrected chi connectivity index (χ3v) is 2.59. The number of halogens is 1. The molecular weight excluding hydrogens is 244 g/mol. The number of hydrogen-bond donors (Lipinski definition) is 1. The molecule has 0 aliphatic rings. The Kier molecular flexibility index (Phi) is 3.12. The Balaban J connectivity index is 2.40. The quantitative estimate of drug-likeness (QED) is 0.672. The molecule has 1 aromatic heterocycles. The highest BCUT2D eigenvalue weighted by atomic mass is 35.5. The van der Waals surface area contributed by atoms with E-state index in [0.29, 0.717) is 23.6 Å². The largest absolute Gasteiger partial charge is 0.460 e. The predicted octanol–water partition coefficient (Wildman–Crippen LogP) is 2.97. The minimum atomic E-state index is -0.528. The summed E-state index contributed by atoms with van der Waals surface area (Å²) >= 11 is 5.81. The van der Waals surface area contributed by atoms with E-state index in [1.807, 2.05) is 0 Å². The molecule has 2 rings (SSSR count). The van der Waals surface area contributed by atoms with E-state index in [2.05, 4.69) is 0 Å². The Morgan fingerprint density at radius 3 is 2.65 bits per heavy atom. The van der Waals surface area contributed by atoms with E-state index in [4.69, 9.17) is 21.8 Å². The van der Waals surface area contributed by atoms with Gasteiger partial charge in [-0.2, -0.15) is 0 Å². The Hall–Kier alpha value is -1.85. The zero-order valence-corrected chi connectivity index (χ0v) is 9.48. The molecule has 0 saturated heterocycles. The molecule has 0 fully saturated rings. The van der Waals surface area contributed by atoms with Gasteiger partial charge in [-0.25, -0.2) is 0 Å². The molecule has 0 amide bonds. The van der Waals surface area contributed by atoms with Crippen LogP contribution in [0.25, 0.3) is 11.3 Å². The van der Waals surface area contributed by atoms with Crippen molar-refractivity contribution < 1.29 is 9.34 Å². The molecule has 1 heterocycles. The summed E-state index contributed by atoms with van der Waals surface area (Å²) in [6.07, 6.45) is 0. The maximum absolute atomic E-state index is 10.6. The molecule has 0 unspecified atom stereocenters. The van der Waals surface area contributed by atoms with Crippen molar-refractivity contribution in [1.29, 1.82) is 0 Å². The summed E-state index contributed by atoms with van der Waals surface area (Å²) in [7, 11) is 0. The van der Waals surface area contributed by atoms with Crippen LogP contribution in [0.2, 0.25) is 5.02 Å². The van der Waals surface area contributed by atoms with E-state index in [1.54, 1.807) is 18.2 Å². The predicted molar refractivity (Wildman–Crippen MR) is 63.7 cm³/mol. The summed E-state index contributed by atoms with van der Waals surface area (Å²) in [6.45, 7) is 0.306. The number of nitro benzene ring substituents is 1. The highest BCUT2D eigenvalue weighted by Crippen LogP contribution is 2.30. The van der Waals surface area contributed by atoms with Crippen molar-refractivity contribution in [3.05, 3.63) is 51.2 Å². The van der Waals surface area contributed by atoms with E-state index >= 15 is 0 Å². The number of rotatable bonds is 3. The summed E-state index contributed by atoms with van der Waals surface area (Å²) in [5.74, 6) is 1.23. The molecule has 0 aliphatic heterocycles. The Morgan fingerprint density at radius 1 is 1.35 bits per heavy atom. The first-order valence-electron chi connectivity index (χ1n) is 4.85. The lowest BCUT2D eigenvalue weighted by Gasteiger charge is -1.99. The highest BCUT2D eigenvalue weighted by molar-refractivity contribution is 6.32. The number of hydrogen-bond acceptors (Lipinski definition) is 4. The van der Waals surface area contributed by atoms with Gasteiger partial charge in [0.25, 0.3) is 5.69 Å². The minimum Gasteiger partial charge on any atom is -0.460 e. The van der Waals surface area contributed by atoms with Gasteiger partial charge in [0.2, 0.25) is 0 Å². The van der Waals surface area contributed by atoms with E-state index in [9.17, 15) is 10.1 Å². The molecule has 0 spiro atoms. The van der Waals surface area contributed by atoms with Gasteiger partial charge >= 0.3 is 0 Å². The van der Waals surface area contributed by atoms with Gasteiger partial charge in [-0.15, -0.1) is 0 Å². The SMILES string of the molecule is NCc1ccc(-c2ccc([N+](=O)[O-])c(Cl)c2)o1. The fourth-order valence-corrected chi connectivity index (χ4v) is 1.70. The van der Waals surface area contributed by atoms with Crippen LogP contribution in [0, 0.1) is 10.1 Å². The summed E-state index contributed by atoms with van der Waals surface area (Å²) in [4.78, 5) is 10.1. The molecule has 1 aromatic carbocycles. The fraction of sp³-hybridized carbons (Fsp3) is 0.0909. The zero-order chi connectivity index (χ0) is 12.4. The van der Waals surface area contributed by atoms with Crippen molar-refractivity contribution in [2.75, 3.05) is 0 Å². The maximum atomic E-state index is 10.6. The van der Waals surface area contributed by atoms with Crippen molar-refractivity contribution in [2.45, 2.75) is 6.54 Å². The van der Waals surface area contributed by atoms with Crippen LogP contribution in [0.1, 0.15) is 5.76 Å². The molecule has 17 heavy (non-hydrogen) atoms. The van der Waals surface area contributed by atoms with E-state index in [-0.39, 0.29) is 10.7 Å². The number of nitrogens with zero attached hydrogens (tertiary/aromatic N) is 1. The van der Waals surface area contributed by atoms with Crippen molar-refractivity contribution in [2.24, 2.45) is 5.73 Å². The summed E-state index contributed by atoms with van der Waals surface area (Å²) in [5.41, 5.74) is 5.98. The molecule has 2 N–H and O–H groups in total. The Labute approximate surface area is 102 Å². The normalized spacial score (nSPS) is 10.5. The third-order valence-electron chi connectivity index (χ3n) is 2.29.